The summed E-state index contributed by atoms with van der Waals surface area (Å²) < 4.78 is 1.66. The lowest BCUT2D eigenvalue weighted by Gasteiger charge is -2.10. The van der Waals surface area contributed by atoms with E-state index in [4.69, 9.17) is 0 Å². The number of pyridine rings is 2. The third-order valence-corrected chi connectivity index (χ3v) is 4.34. The van der Waals surface area contributed by atoms with Crippen molar-refractivity contribution in [1.29, 1.82) is 0 Å². The van der Waals surface area contributed by atoms with Crippen LogP contribution in [0.5, 0.6) is 0 Å². The zero-order chi connectivity index (χ0) is 18.1. The Balaban J connectivity index is 1.68. The zero-order valence-corrected chi connectivity index (χ0v) is 14.5. The van der Waals surface area contributed by atoms with E-state index in [1.165, 1.54) is 0 Å². The SMILES string of the molecule is Cc1ccc(NC(=O)c2cnn(-c3ccccn3)c2C)c2cccnc12. The van der Waals surface area contributed by atoms with Gasteiger partial charge in [-0.2, -0.15) is 5.10 Å². The Kier molecular flexibility index (Phi) is 3.93. The second kappa shape index (κ2) is 6.40. The summed E-state index contributed by atoms with van der Waals surface area (Å²) in [5.74, 6) is 0.465. The summed E-state index contributed by atoms with van der Waals surface area (Å²) in [5.41, 5.74) is 3.92. The number of aryl methyl sites for hydroxylation is 1. The van der Waals surface area contributed by atoms with Crippen molar-refractivity contribution < 1.29 is 4.79 Å². The van der Waals surface area contributed by atoms with Crippen LogP contribution < -0.4 is 5.32 Å². The fourth-order valence-corrected chi connectivity index (χ4v) is 2.96. The highest BCUT2D eigenvalue weighted by Gasteiger charge is 2.17. The van der Waals surface area contributed by atoms with Crippen molar-refractivity contribution in [3.05, 3.63) is 77.9 Å². The van der Waals surface area contributed by atoms with Crippen LogP contribution in [0.2, 0.25) is 0 Å². The van der Waals surface area contributed by atoms with Gasteiger partial charge in [0.05, 0.1) is 28.7 Å². The summed E-state index contributed by atoms with van der Waals surface area (Å²) in [6.45, 7) is 3.85. The molecule has 0 fully saturated rings. The molecule has 0 bridgehead atoms. The minimum atomic E-state index is -0.210. The van der Waals surface area contributed by atoms with E-state index in [-0.39, 0.29) is 5.91 Å². The molecule has 0 saturated carbocycles. The number of anilines is 1. The fraction of sp³-hybridized carbons (Fsp3) is 0.100. The van der Waals surface area contributed by atoms with Crippen molar-refractivity contribution in [3.63, 3.8) is 0 Å². The van der Waals surface area contributed by atoms with E-state index in [1.807, 2.05) is 56.3 Å². The Morgan fingerprint density at radius 1 is 1.00 bits per heavy atom. The van der Waals surface area contributed by atoms with Crippen molar-refractivity contribution >= 4 is 22.5 Å². The van der Waals surface area contributed by atoms with Gasteiger partial charge >= 0.3 is 0 Å². The molecule has 6 heteroatoms. The van der Waals surface area contributed by atoms with Gasteiger partial charge in [-0.15, -0.1) is 0 Å². The molecule has 0 spiro atoms. The first kappa shape index (κ1) is 16.0. The maximum absolute atomic E-state index is 12.8. The predicted octanol–water partition coefficient (Wildman–Crippen LogP) is 3.68. The largest absolute Gasteiger partial charge is 0.321 e. The van der Waals surface area contributed by atoms with Crippen LogP contribution in [0.25, 0.3) is 16.7 Å². The number of nitrogens with one attached hydrogen (secondary N) is 1. The van der Waals surface area contributed by atoms with Crippen LogP contribution >= 0.6 is 0 Å². The average molecular weight is 343 g/mol. The fourth-order valence-electron chi connectivity index (χ4n) is 2.96. The molecule has 0 atom stereocenters. The molecule has 1 N–H and O–H groups in total. The average Bonchev–Trinajstić information content (AvgIpc) is 3.06. The molecular formula is C20H17N5O. The first-order valence-corrected chi connectivity index (χ1v) is 8.27. The summed E-state index contributed by atoms with van der Waals surface area (Å²) in [7, 11) is 0. The van der Waals surface area contributed by atoms with Crippen molar-refractivity contribution in [3.8, 4) is 5.82 Å². The molecule has 1 amide bonds. The van der Waals surface area contributed by atoms with E-state index in [0.29, 0.717) is 11.4 Å². The molecule has 0 aliphatic rings. The highest BCUT2D eigenvalue weighted by molar-refractivity contribution is 6.09. The van der Waals surface area contributed by atoms with Gasteiger partial charge in [-0.25, -0.2) is 9.67 Å². The van der Waals surface area contributed by atoms with Gasteiger partial charge in [-0.1, -0.05) is 12.1 Å². The Bertz CT molecular complexity index is 1100. The number of benzene rings is 1. The number of hydrogen-bond donors (Lipinski definition) is 1. The molecule has 4 rings (SSSR count). The number of carbonyl (C=O) groups is 1. The number of carbonyl (C=O) groups excluding carboxylic acids is 1. The minimum Gasteiger partial charge on any atom is -0.321 e. The van der Waals surface area contributed by atoms with Crippen LogP contribution in [-0.2, 0) is 0 Å². The van der Waals surface area contributed by atoms with Gasteiger partial charge in [-0.05, 0) is 49.7 Å². The number of amides is 1. The van der Waals surface area contributed by atoms with Gasteiger partial charge in [0.15, 0.2) is 5.82 Å². The van der Waals surface area contributed by atoms with Crippen LogP contribution in [-0.4, -0.2) is 25.7 Å². The molecule has 0 radical (unpaired) electrons. The van der Waals surface area contributed by atoms with Crippen LogP contribution in [0.3, 0.4) is 0 Å². The van der Waals surface area contributed by atoms with E-state index in [0.717, 1.165) is 27.8 Å². The van der Waals surface area contributed by atoms with Gasteiger partial charge in [0.25, 0.3) is 5.91 Å². The summed E-state index contributed by atoms with van der Waals surface area (Å²) in [6.07, 6.45) is 5.01. The highest BCUT2D eigenvalue weighted by atomic mass is 16.1. The lowest BCUT2D eigenvalue weighted by molar-refractivity contribution is 0.102. The molecule has 0 saturated heterocycles. The summed E-state index contributed by atoms with van der Waals surface area (Å²) in [6, 6.07) is 13.2. The smallest absolute Gasteiger partial charge is 0.259 e. The summed E-state index contributed by atoms with van der Waals surface area (Å²) >= 11 is 0. The quantitative estimate of drug-likeness (QED) is 0.616. The Morgan fingerprint density at radius 2 is 1.85 bits per heavy atom. The first-order chi connectivity index (χ1) is 12.6. The van der Waals surface area contributed by atoms with Gasteiger partial charge in [0, 0.05) is 17.8 Å². The lowest BCUT2D eigenvalue weighted by atomic mass is 10.1. The number of aromatic nitrogens is 4. The number of hydrogen-bond acceptors (Lipinski definition) is 4. The van der Waals surface area contributed by atoms with E-state index >= 15 is 0 Å². The molecule has 0 unspecified atom stereocenters. The Hall–Kier alpha value is -3.54. The van der Waals surface area contributed by atoms with Gasteiger partial charge in [0.2, 0.25) is 0 Å². The molecule has 6 nitrogen and oxygen atoms in total. The molecule has 128 valence electrons. The third-order valence-electron chi connectivity index (χ3n) is 4.34. The van der Waals surface area contributed by atoms with Crippen molar-refractivity contribution in [2.24, 2.45) is 0 Å². The third kappa shape index (κ3) is 2.71. The highest BCUT2D eigenvalue weighted by Crippen LogP contribution is 2.25. The normalized spacial score (nSPS) is 10.8. The summed E-state index contributed by atoms with van der Waals surface area (Å²) in [4.78, 5) is 21.5. The topological polar surface area (TPSA) is 72.7 Å². The van der Waals surface area contributed by atoms with Gasteiger partial charge in [-0.3, -0.25) is 9.78 Å². The molecule has 3 heterocycles. The van der Waals surface area contributed by atoms with Gasteiger partial charge in [0.1, 0.15) is 0 Å². The Morgan fingerprint density at radius 3 is 2.65 bits per heavy atom. The second-order valence-electron chi connectivity index (χ2n) is 6.03. The van der Waals surface area contributed by atoms with Crippen LogP contribution in [0.4, 0.5) is 5.69 Å². The Labute approximate surface area is 150 Å². The van der Waals surface area contributed by atoms with Crippen LogP contribution in [0, 0.1) is 13.8 Å². The molecule has 1 aromatic carbocycles. The van der Waals surface area contributed by atoms with Crippen molar-refractivity contribution in [1.82, 2.24) is 19.7 Å². The maximum Gasteiger partial charge on any atom is 0.259 e. The number of nitrogens with zero attached hydrogens (tertiary/aromatic N) is 4. The molecule has 26 heavy (non-hydrogen) atoms. The molecular weight excluding hydrogens is 326 g/mol. The van der Waals surface area contributed by atoms with E-state index < -0.39 is 0 Å². The molecule has 4 aromatic rings. The monoisotopic (exact) mass is 343 g/mol. The van der Waals surface area contributed by atoms with Crippen LogP contribution in [0.1, 0.15) is 21.6 Å². The van der Waals surface area contributed by atoms with Gasteiger partial charge < -0.3 is 5.32 Å². The van der Waals surface area contributed by atoms with Crippen molar-refractivity contribution in [2.45, 2.75) is 13.8 Å². The minimum absolute atomic E-state index is 0.210. The maximum atomic E-state index is 12.8. The standard InChI is InChI=1S/C20H17N5O/c1-13-8-9-17(15-6-5-11-22-19(13)15)24-20(26)16-12-23-25(14(16)2)18-7-3-4-10-21-18/h3-12H,1-2H3,(H,24,26). The van der Waals surface area contributed by atoms with E-state index in [1.54, 1.807) is 23.3 Å². The molecule has 0 aliphatic carbocycles. The first-order valence-electron chi connectivity index (χ1n) is 8.27. The molecule has 0 aliphatic heterocycles. The lowest BCUT2D eigenvalue weighted by Crippen LogP contribution is -2.13. The predicted molar refractivity (Wildman–Crippen MR) is 101 cm³/mol. The summed E-state index contributed by atoms with van der Waals surface area (Å²) in [5, 5.41) is 8.20. The molecule has 3 aromatic heterocycles. The van der Waals surface area contributed by atoms with Crippen LogP contribution in [0.15, 0.2) is 61.1 Å². The zero-order valence-electron chi connectivity index (χ0n) is 14.5. The number of fused-ring (bicyclic) bond motifs is 1. The second-order valence-corrected chi connectivity index (χ2v) is 6.03. The number of rotatable bonds is 3. The van der Waals surface area contributed by atoms with E-state index in [9.17, 15) is 4.79 Å². The van der Waals surface area contributed by atoms with Crippen molar-refractivity contribution in [2.75, 3.05) is 5.32 Å². The van der Waals surface area contributed by atoms with E-state index in [2.05, 4.69) is 20.4 Å².